The molecule has 1 aromatic heterocycles. The lowest BCUT2D eigenvalue weighted by atomic mass is 10.1. The van der Waals surface area contributed by atoms with Gasteiger partial charge in [-0.2, -0.15) is 13.2 Å². The molecular weight excluding hydrogens is 417 g/mol. The van der Waals surface area contributed by atoms with Crippen molar-refractivity contribution in [1.82, 2.24) is 0 Å². The van der Waals surface area contributed by atoms with Crippen molar-refractivity contribution in [1.29, 1.82) is 0 Å². The summed E-state index contributed by atoms with van der Waals surface area (Å²) in [6.07, 6.45) is 4.45. The Kier molecular flexibility index (Phi) is 6.68. The molecule has 0 aliphatic carbocycles. The minimum absolute atomic E-state index is 0.290. The quantitative estimate of drug-likeness (QED) is 0.347. The highest BCUT2D eigenvalue weighted by Gasteiger charge is 2.36. The van der Waals surface area contributed by atoms with E-state index in [2.05, 4.69) is 42.8 Å². The van der Waals surface area contributed by atoms with E-state index in [0.29, 0.717) is 10.9 Å². The van der Waals surface area contributed by atoms with Crippen LogP contribution in [-0.2, 0) is 21.0 Å². The molecule has 3 rings (SSSR count). The summed E-state index contributed by atoms with van der Waals surface area (Å²) < 4.78 is 70.0. The molecule has 0 unspecified atom stereocenters. The number of methoxy groups -OCH3 is 1. The van der Waals surface area contributed by atoms with Crippen molar-refractivity contribution in [2.45, 2.75) is 10.4 Å². The molecule has 1 heterocycles. The minimum atomic E-state index is -6.09. The molecule has 0 aliphatic heterocycles. The van der Waals surface area contributed by atoms with Crippen molar-refractivity contribution in [3.63, 3.8) is 0 Å². The van der Waals surface area contributed by atoms with Gasteiger partial charge in [0.2, 0.25) is 0 Å². The normalized spacial score (nSPS) is 12.0. The number of rotatable bonds is 3. The second kappa shape index (κ2) is 8.46. The molecule has 0 amide bonds. The van der Waals surface area contributed by atoms with Crippen molar-refractivity contribution in [3.8, 4) is 17.1 Å². The van der Waals surface area contributed by atoms with Gasteiger partial charge in [-0.3, -0.25) is 0 Å². The molecule has 10 heteroatoms. The number of alkyl halides is 3. The number of ether oxygens (including phenoxy) is 1. The van der Waals surface area contributed by atoms with Gasteiger partial charge in [0.25, 0.3) is 0 Å². The Labute approximate surface area is 163 Å². The van der Waals surface area contributed by atoms with Crippen LogP contribution in [0.1, 0.15) is 0 Å². The fraction of sp³-hybridized carbons (Fsp3) is 0.222. The Bertz CT molecular complexity index is 1040. The van der Waals surface area contributed by atoms with E-state index in [9.17, 15) is 13.2 Å². The van der Waals surface area contributed by atoms with E-state index in [1.807, 2.05) is 18.2 Å². The van der Waals surface area contributed by atoms with Crippen LogP contribution in [0.4, 0.5) is 13.2 Å². The molecule has 5 nitrogen and oxygen atoms in total. The van der Waals surface area contributed by atoms with Crippen molar-refractivity contribution in [2.24, 2.45) is 0 Å². The summed E-state index contributed by atoms with van der Waals surface area (Å²) >= 11 is 0. The number of benzene rings is 2. The molecule has 152 valence electrons. The Morgan fingerprint density at radius 1 is 1.04 bits per heavy atom. The highest BCUT2D eigenvalue weighted by atomic mass is 32.2. The van der Waals surface area contributed by atoms with Crippen LogP contribution in [0, 0.1) is 0 Å². The Morgan fingerprint density at radius 2 is 1.61 bits per heavy atom. The zero-order chi connectivity index (χ0) is 21.1. The van der Waals surface area contributed by atoms with Crippen LogP contribution >= 0.6 is 0 Å². The van der Waals surface area contributed by atoms with Crippen molar-refractivity contribution >= 4 is 32.0 Å². The van der Waals surface area contributed by atoms with E-state index in [-0.39, 0.29) is 0 Å². The van der Waals surface area contributed by atoms with Crippen LogP contribution in [0.15, 0.2) is 57.8 Å². The zero-order valence-electron chi connectivity index (χ0n) is 15.1. The van der Waals surface area contributed by atoms with Gasteiger partial charge in [0.05, 0.1) is 7.11 Å². The van der Waals surface area contributed by atoms with Crippen LogP contribution in [0.2, 0.25) is 0 Å². The first-order valence-corrected chi connectivity index (χ1v) is 11.1. The zero-order valence-corrected chi connectivity index (χ0v) is 16.7. The summed E-state index contributed by atoms with van der Waals surface area (Å²) in [6, 6.07) is 16.5. The third-order valence-electron chi connectivity index (χ3n) is 3.62. The molecule has 0 bridgehead atoms. The largest absolute Gasteiger partial charge is 0.741 e. The van der Waals surface area contributed by atoms with Gasteiger partial charge < -0.3 is 13.7 Å². The fourth-order valence-corrected chi connectivity index (χ4v) is 2.85. The third-order valence-corrected chi connectivity index (χ3v) is 5.40. The van der Waals surface area contributed by atoms with Crippen LogP contribution < -0.4 is 4.74 Å². The molecule has 2 aromatic carbocycles. The summed E-state index contributed by atoms with van der Waals surface area (Å²) in [5, 5.41) is 1.09. The van der Waals surface area contributed by atoms with E-state index in [0.717, 1.165) is 28.0 Å². The predicted molar refractivity (Wildman–Crippen MR) is 101 cm³/mol. The monoisotopic (exact) mass is 434 g/mol. The van der Waals surface area contributed by atoms with E-state index >= 15 is 0 Å². The topological polar surface area (TPSA) is 79.6 Å². The smallest absolute Gasteiger partial charge is 0.485 e. The van der Waals surface area contributed by atoms with Crippen molar-refractivity contribution in [3.05, 3.63) is 48.5 Å². The second-order valence-electron chi connectivity index (χ2n) is 5.76. The van der Waals surface area contributed by atoms with Gasteiger partial charge in [0.15, 0.2) is 15.0 Å². The Balaban J connectivity index is 0.000000300. The number of halogens is 3. The minimum Gasteiger partial charge on any atom is -0.741 e. The molecule has 0 saturated carbocycles. The molecule has 0 fully saturated rings. The van der Waals surface area contributed by atoms with Gasteiger partial charge in [-0.1, -0.05) is 0 Å². The van der Waals surface area contributed by atoms with E-state index < -0.39 is 15.6 Å². The van der Waals surface area contributed by atoms with Crippen molar-refractivity contribution in [2.75, 3.05) is 19.6 Å². The van der Waals surface area contributed by atoms with Crippen LogP contribution in [0.25, 0.3) is 22.3 Å². The molecule has 28 heavy (non-hydrogen) atoms. The first-order chi connectivity index (χ1) is 12.9. The fourth-order valence-electron chi connectivity index (χ4n) is 2.17. The van der Waals surface area contributed by atoms with Gasteiger partial charge >= 0.3 is 5.51 Å². The molecule has 0 atom stereocenters. The van der Waals surface area contributed by atoms with E-state index in [1.54, 1.807) is 7.11 Å². The summed E-state index contributed by atoms with van der Waals surface area (Å²) in [6.45, 7) is 0. The van der Waals surface area contributed by atoms with Gasteiger partial charge in [-0.15, -0.1) is 0 Å². The van der Waals surface area contributed by atoms with Gasteiger partial charge in [-0.25, -0.2) is 8.42 Å². The first kappa shape index (κ1) is 22.1. The van der Waals surface area contributed by atoms with E-state index in [4.69, 9.17) is 22.1 Å². The SMILES string of the molecule is COc1ccc2cc(-c3ccc([S+](C)C)cc3)oc2c1.O=S(=O)([O-])C(F)(F)F. The summed E-state index contributed by atoms with van der Waals surface area (Å²) in [4.78, 5) is 1.37. The summed E-state index contributed by atoms with van der Waals surface area (Å²) in [5.74, 6) is 1.71. The van der Waals surface area contributed by atoms with Crippen LogP contribution in [-0.4, -0.2) is 38.1 Å². The standard InChI is InChI=1S/C17H17O2S.CHF3O3S/c1-18-14-7-4-13-10-16(19-17(13)11-14)12-5-8-15(9-6-12)20(2)3;2-1(3,4)8(5,6)7/h4-11H,1-3H3;(H,5,6,7)/q+1;/p-1. The number of furan rings is 1. The molecule has 0 radical (unpaired) electrons. The molecule has 0 spiro atoms. The average Bonchev–Trinajstić information content (AvgIpc) is 3.03. The number of hydrogen-bond acceptors (Lipinski definition) is 5. The van der Waals surface area contributed by atoms with E-state index in [1.165, 1.54) is 4.90 Å². The average molecular weight is 434 g/mol. The molecule has 0 saturated heterocycles. The number of hydrogen-bond donors (Lipinski definition) is 0. The summed E-state index contributed by atoms with van der Waals surface area (Å²) in [5.41, 5.74) is -3.68. The highest BCUT2D eigenvalue weighted by Crippen LogP contribution is 2.30. The maximum Gasteiger partial charge on any atom is 0.485 e. The lowest BCUT2D eigenvalue weighted by molar-refractivity contribution is -0.0517. The number of fused-ring (bicyclic) bond motifs is 1. The molecule has 0 aliphatic rings. The van der Waals surface area contributed by atoms with Gasteiger partial charge in [0, 0.05) is 27.9 Å². The third kappa shape index (κ3) is 5.43. The maximum atomic E-state index is 10.7. The van der Waals surface area contributed by atoms with Gasteiger partial charge in [-0.05, 0) is 42.5 Å². The maximum absolute atomic E-state index is 10.7. The molecule has 0 N–H and O–H groups in total. The molecule has 3 aromatic rings. The van der Waals surface area contributed by atoms with Crippen LogP contribution in [0.3, 0.4) is 0 Å². The van der Waals surface area contributed by atoms with Crippen molar-refractivity contribution < 1.29 is 35.3 Å². The Morgan fingerprint density at radius 3 is 2.07 bits per heavy atom. The lowest BCUT2D eigenvalue weighted by Crippen LogP contribution is -2.21. The summed E-state index contributed by atoms with van der Waals surface area (Å²) in [7, 11) is -4.14. The van der Waals surface area contributed by atoms with Gasteiger partial charge in [0.1, 0.15) is 29.6 Å². The lowest BCUT2D eigenvalue weighted by Gasteiger charge is -2.08. The Hall–Kier alpha value is -2.17. The highest BCUT2D eigenvalue weighted by molar-refractivity contribution is 7.95. The molecular formula is C18H17F3O5S2. The first-order valence-electron chi connectivity index (χ1n) is 7.70. The second-order valence-corrected chi connectivity index (χ2v) is 9.23. The predicted octanol–water partition coefficient (Wildman–Crippen LogP) is 4.40. The van der Waals surface area contributed by atoms with Crippen LogP contribution in [0.5, 0.6) is 5.75 Å².